The molecule has 2 aromatic rings. The summed E-state index contributed by atoms with van der Waals surface area (Å²) >= 11 is 0. The van der Waals surface area contributed by atoms with Crippen LogP contribution in [0.2, 0.25) is 0 Å². The van der Waals surface area contributed by atoms with Crippen molar-refractivity contribution in [3.05, 3.63) is 30.1 Å². The van der Waals surface area contributed by atoms with Crippen LogP contribution in [-0.4, -0.2) is 28.0 Å². The molecule has 0 saturated heterocycles. The summed E-state index contributed by atoms with van der Waals surface area (Å²) in [5.74, 6) is 1.01. The number of para-hydroxylation sites is 2. The molecule has 0 bridgehead atoms. The maximum absolute atomic E-state index is 11.6. The molecule has 1 heterocycles. The standard InChI is InChI=1S/C15H22N4O/c1-3-19-13-7-5-4-6-12(13)18-14(19)8-9-17-15(20)10-11(2)16/h4-7,11H,3,8-10,16H2,1-2H3,(H,17,20). The van der Waals surface area contributed by atoms with Crippen molar-refractivity contribution in [2.45, 2.75) is 39.3 Å². The van der Waals surface area contributed by atoms with E-state index in [2.05, 4.69) is 27.9 Å². The number of amides is 1. The first kappa shape index (κ1) is 14.5. The van der Waals surface area contributed by atoms with E-state index in [1.54, 1.807) is 0 Å². The van der Waals surface area contributed by atoms with E-state index in [-0.39, 0.29) is 11.9 Å². The molecule has 108 valence electrons. The predicted molar refractivity (Wildman–Crippen MR) is 80.4 cm³/mol. The lowest BCUT2D eigenvalue weighted by Crippen LogP contribution is -2.31. The Labute approximate surface area is 119 Å². The van der Waals surface area contributed by atoms with Gasteiger partial charge in [-0.2, -0.15) is 0 Å². The third kappa shape index (κ3) is 3.36. The first-order chi connectivity index (χ1) is 9.61. The van der Waals surface area contributed by atoms with Crippen molar-refractivity contribution in [3.63, 3.8) is 0 Å². The molecule has 0 radical (unpaired) electrons. The van der Waals surface area contributed by atoms with Crippen molar-refractivity contribution < 1.29 is 4.79 Å². The number of carbonyl (C=O) groups excluding carboxylic acids is 1. The van der Waals surface area contributed by atoms with Crippen molar-refractivity contribution >= 4 is 16.9 Å². The average Bonchev–Trinajstić information content (AvgIpc) is 2.75. The summed E-state index contributed by atoms with van der Waals surface area (Å²) < 4.78 is 2.19. The summed E-state index contributed by atoms with van der Waals surface area (Å²) in [4.78, 5) is 16.2. The number of hydrogen-bond donors (Lipinski definition) is 2. The van der Waals surface area contributed by atoms with E-state index >= 15 is 0 Å². The van der Waals surface area contributed by atoms with Crippen LogP contribution in [-0.2, 0) is 17.8 Å². The summed E-state index contributed by atoms with van der Waals surface area (Å²) in [5, 5.41) is 2.89. The normalized spacial score (nSPS) is 12.6. The van der Waals surface area contributed by atoms with E-state index in [1.807, 2.05) is 25.1 Å². The summed E-state index contributed by atoms with van der Waals surface area (Å²) in [7, 11) is 0. The number of nitrogens with zero attached hydrogens (tertiary/aromatic N) is 2. The summed E-state index contributed by atoms with van der Waals surface area (Å²) in [6.07, 6.45) is 1.09. The Kier molecular flexibility index (Phi) is 4.74. The molecule has 1 aromatic carbocycles. The van der Waals surface area contributed by atoms with Gasteiger partial charge in [0.2, 0.25) is 5.91 Å². The number of fused-ring (bicyclic) bond motifs is 1. The Balaban J connectivity index is 2.01. The molecule has 1 aromatic heterocycles. The number of carbonyl (C=O) groups is 1. The molecule has 0 spiro atoms. The Bertz CT molecular complexity index is 589. The number of hydrogen-bond acceptors (Lipinski definition) is 3. The first-order valence-corrected chi connectivity index (χ1v) is 7.08. The number of nitrogens with one attached hydrogen (secondary N) is 1. The predicted octanol–water partition coefficient (Wildman–Crippen LogP) is 1.45. The number of benzene rings is 1. The number of imidazole rings is 1. The second kappa shape index (κ2) is 6.52. The Morgan fingerprint density at radius 1 is 1.45 bits per heavy atom. The zero-order valence-electron chi connectivity index (χ0n) is 12.1. The topological polar surface area (TPSA) is 72.9 Å². The highest BCUT2D eigenvalue weighted by molar-refractivity contribution is 5.77. The van der Waals surface area contributed by atoms with Crippen molar-refractivity contribution in [3.8, 4) is 0 Å². The molecule has 0 aliphatic heterocycles. The molecule has 2 rings (SSSR count). The van der Waals surface area contributed by atoms with Gasteiger partial charge in [-0.15, -0.1) is 0 Å². The lowest BCUT2D eigenvalue weighted by Gasteiger charge is -2.08. The largest absolute Gasteiger partial charge is 0.356 e. The summed E-state index contributed by atoms with van der Waals surface area (Å²) in [5.41, 5.74) is 7.75. The molecule has 5 nitrogen and oxygen atoms in total. The summed E-state index contributed by atoms with van der Waals surface area (Å²) in [6, 6.07) is 7.99. The maximum atomic E-state index is 11.6. The second-order valence-electron chi connectivity index (χ2n) is 5.04. The number of aromatic nitrogens is 2. The van der Waals surface area contributed by atoms with Crippen LogP contribution >= 0.6 is 0 Å². The fourth-order valence-electron chi connectivity index (χ4n) is 2.35. The summed E-state index contributed by atoms with van der Waals surface area (Å²) in [6.45, 7) is 5.40. The van der Waals surface area contributed by atoms with Gasteiger partial charge in [-0.05, 0) is 26.0 Å². The highest BCUT2D eigenvalue weighted by Crippen LogP contribution is 2.15. The van der Waals surface area contributed by atoms with Crippen LogP contribution in [0.25, 0.3) is 11.0 Å². The van der Waals surface area contributed by atoms with Gasteiger partial charge in [0.25, 0.3) is 0 Å². The van der Waals surface area contributed by atoms with Crippen molar-refractivity contribution in [1.82, 2.24) is 14.9 Å². The van der Waals surface area contributed by atoms with Crippen LogP contribution in [0.15, 0.2) is 24.3 Å². The van der Waals surface area contributed by atoms with E-state index < -0.39 is 0 Å². The van der Waals surface area contributed by atoms with Crippen molar-refractivity contribution in [2.24, 2.45) is 5.73 Å². The molecular formula is C15H22N4O. The lowest BCUT2D eigenvalue weighted by atomic mass is 10.2. The minimum atomic E-state index is -0.102. The minimum absolute atomic E-state index is 0.000778. The highest BCUT2D eigenvalue weighted by atomic mass is 16.1. The van der Waals surface area contributed by atoms with Gasteiger partial charge < -0.3 is 15.6 Å². The van der Waals surface area contributed by atoms with Gasteiger partial charge in [0, 0.05) is 32.0 Å². The SMILES string of the molecule is CCn1c(CCNC(=O)CC(C)N)nc2ccccc21. The molecule has 0 saturated carbocycles. The second-order valence-corrected chi connectivity index (χ2v) is 5.04. The van der Waals surface area contributed by atoms with Gasteiger partial charge >= 0.3 is 0 Å². The number of rotatable bonds is 6. The van der Waals surface area contributed by atoms with E-state index in [9.17, 15) is 4.79 Å². The van der Waals surface area contributed by atoms with Crippen LogP contribution < -0.4 is 11.1 Å². The van der Waals surface area contributed by atoms with E-state index in [4.69, 9.17) is 5.73 Å². The monoisotopic (exact) mass is 274 g/mol. The highest BCUT2D eigenvalue weighted by Gasteiger charge is 2.09. The van der Waals surface area contributed by atoms with Crippen molar-refractivity contribution in [1.29, 1.82) is 0 Å². The van der Waals surface area contributed by atoms with Gasteiger partial charge in [0.1, 0.15) is 5.82 Å². The van der Waals surface area contributed by atoms with Gasteiger partial charge in [0.15, 0.2) is 0 Å². The molecule has 1 atom stereocenters. The van der Waals surface area contributed by atoms with Gasteiger partial charge in [-0.3, -0.25) is 4.79 Å². The fourth-order valence-corrected chi connectivity index (χ4v) is 2.35. The molecule has 0 fully saturated rings. The average molecular weight is 274 g/mol. The van der Waals surface area contributed by atoms with Crippen LogP contribution in [0.4, 0.5) is 0 Å². The third-order valence-electron chi connectivity index (χ3n) is 3.23. The third-order valence-corrected chi connectivity index (χ3v) is 3.23. The number of nitrogens with two attached hydrogens (primary N) is 1. The number of aryl methyl sites for hydroxylation is 1. The van der Waals surface area contributed by atoms with Gasteiger partial charge in [-0.25, -0.2) is 4.98 Å². The van der Waals surface area contributed by atoms with Crippen molar-refractivity contribution in [2.75, 3.05) is 6.54 Å². The van der Waals surface area contributed by atoms with E-state index in [0.29, 0.717) is 13.0 Å². The molecule has 1 unspecified atom stereocenters. The fraction of sp³-hybridized carbons (Fsp3) is 0.467. The molecule has 5 heteroatoms. The first-order valence-electron chi connectivity index (χ1n) is 7.08. The van der Waals surface area contributed by atoms with E-state index in [0.717, 1.165) is 29.8 Å². The van der Waals surface area contributed by atoms with Crippen LogP contribution in [0.5, 0.6) is 0 Å². The van der Waals surface area contributed by atoms with Crippen LogP contribution in [0, 0.1) is 0 Å². The Morgan fingerprint density at radius 3 is 2.90 bits per heavy atom. The zero-order chi connectivity index (χ0) is 14.5. The van der Waals surface area contributed by atoms with Crippen LogP contribution in [0.1, 0.15) is 26.1 Å². The molecule has 0 aliphatic rings. The minimum Gasteiger partial charge on any atom is -0.356 e. The van der Waals surface area contributed by atoms with Crippen LogP contribution in [0.3, 0.4) is 0 Å². The van der Waals surface area contributed by atoms with Gasteiger partial charge in [0.05, 0.1) is 11.0 Å². The zero-order valence-corrected chi connectivity index (χ0v) is 12.1. The van der Waals surface area contributed by atoms with Gasteiger partial charge in [-0.1, -0.05) is 12.1 Å². The Hall–Kier alpha value is -1.88. The molecule has 1 amide bonds. The molecular weight excluding hydrogens is 252 g/mol. The Morgan fingerprint density at radius 2 is 2.20 bits per heavy atom. The van der Waals surface area contributed by atoms with E-state index in [1.165, 1.54) is 0 Å². The smallest absolute Gasteiger partial charge is 0.221 e. The lowest BCUT2D eigenvalue weighted by molar-refractivity contribution is -0.121. The maximum Gasteiger partial charge on any atom is 0.221 e. The quantitative estimate of drug-likeness (QED) is 0.837. The molecule has 3 N–H and O–H groups in total. The molecule has 20 heavy (non-hydrogen) atoms. The molecule has 0 aliphatic carbocycles.